The van der Waals surface area contributed by atoms with Crippen LogP contribution >= 0.6 is 12.4 Å². The monoisotopic (exact) mass is 324 g/mol. The Bertz CT molecular complexity index is 610. The van der Waals surface area contributed by atoms with Gasteiger partial charge in [0.2, 0.25) is 11.8 Å². The van der Waals surface area contributed by atoms with Crippen LogP contribution < -0.4 is 11.1 Å². The second-order valence-electron chi connectivity index (χ2n) is 5.29. The molecule has 3 N–H and O–H groups in total. The molecule has 0 bridgehead atoms. The number of nitrogens with two attached hydrogens (primary N) is 1. The van der Waals surface area contributed by atoms with E-state index < -0.39 is 0 Å². The molecule has 0 aliphatic heterocycles. The van der Waals surface area contributed by atoms with Crippen molar-refractivity contribution in [3.63, 3.8) is 0 Å². The fourth-order valence-corrected chi connectivity index (χ4v) is 1.73. The number of aryl methyl sites for hydroxylation is 1. The number of carbonyl (C=O) groups excluding carboxylic acids is 1. The van der Waals surface area contributed by atoms with Crippen molar-refractivity contribution in [3.05, 3.63) is 41.5 Å². The van der Waals surface area contributed by atoms with Crippen LogP contribution in [0.25, 0.3) is 0 Å². The van der Waals surface area contributed by atoms with E-state index >= 15 is 0 Å². The van der Waals surface area contributed by atoms with Crippen LogP contribution in [0.3, 0.4) is 0 Å². The van der Waals surface area contributed by atoms with Gasteiger partial charge in [0.15, 0.2) is 5.82 Å². The third kappa shape index (κ3) is 4.82. The quantitative estimate of drug-likeness (QED) is 0.881. The number of rotatable bonds is 5. The zero-order valence-electron chi connectivity index (χ0n) is 12.9. The molecule has 0 spiro atoms. The summed E-state index contributed by atoms with van der Waals surface area (Å²) in [5, 5.41) is 6.61. The van der Waals surface area contributed by atoms with E-state index in [1.165, 1.54) is 0 Å². The first-order valence-corrected chi connectivity index (χ1v) is 6.90. The number of halogens is 1. The number of nitrogens with zero attached hydrogens (tertiary/aromatic N) is 2. The van der Waals surface area contributed by atoms with E-state index in [4.69, 9.17) is 10.3 Å². The maximum atomic E-state index is 11.9. The van der Waals surface area contributed by atoms with Gasteiger partial charge in [-0.2, -0.15) is 4.98 Å². The lowest BCUT2D eigenvalue weighted by atomic mass is 10.1. The van der Waals surface area contributed by atoms with Crippen molar-refractivity contribution in [1.82, 2.24) is 10.1 Å². The summed E-state index contributed by atoms with van der Waals surface area (Å²) in [7, 11) is 0. The molecular weight excluding hydrogens is 304 g/mol. The standard InChI is InChI=1S/C15H20N4O2.ClH/c1-9-4-6-12(7-5-9)17-14(20)8-13-18-15(21-19-13)10(2)11(3)16;/h4-7,10-11H,8,16H2,1-3H3,(H,17,20);1H. The second kappa shape index (κ2) is 7.91. The number of nitrogens with one attached hydrogen (secondary N) is 1. The van der Waals surface area contributed by atoms with Crippen molar-refractivity contribution in [2.24, 2.45) is 5.73 Å². The minimum atomic E-state index is -0.181. The topological polar surface area (TPSA) is 94.0 Å². The number of benzene rings is 1. The molecule has 0 fully saturated rings. The molecule has 0 radical (unpaired) electrons. The molecule has 120 valence electrons. The summed E-state index contributed by atoms with van der Waals surface area (Å²) in [4.78, 5) is 16.1. The number of hydrogen-bond donors (Lipinski definition) is 2. The van der Waals surface area contributed by atoms with E-state index in [0.29, 0.717) is 11.7 Å². The zero-order chi connectivity index (χ0) is 15.4. The van der Waals surface area contributed by atoms with E-state index in [9.17, 15) is 4.79 Å². The average molecular weight is 325 g/mol. The molecule has 0 saturated heterocycles. The molecule has 6 nitrogen and oxygen atoms in total. The first-order chi connectivity index (χ1) is 9.95. The van der Waals surface area contributed by atoms with Gasteiger partial charge in [0.25, 0.3) is 0 Å². The van der Waals surface area contributed by atoms with Crippen molar-refractivity contribution >= 4 is 24.0 Å². The smallest absolute Gasteiger partial charge is 0.232 e. The summed E-state index contributed by atoms with van der Waals surface area (Å²) in [6, 6.07) is 7.50. The number of amides is 1. The maximum Gasteiger partial charge on any atom is 0.232 e. The minimum Gasteiger partial charge on any atom is -0.339 e. The van der Waals surface area contributed by atoms with Crippen molar-refractivity contribution in [3.8, 4) is 0 Å². The lowest BCUT2D eigenvalue weighted by molar-refractivity contribution is -0.115. The second-order valence-corrected chi connectivity index (χ2v) is 5.29. The largest absolute Gasteiger partial charge is 0.339 e. The molecule has 1 amide bonds. The molecule has 2 unspecified atom stereocenters. The molecule has 1 aromatic carbocycles. The zero-order valence-corrected chi connectivity index (χ0v) is 13.7. The molecule has 2 rings (SSSR count). The highest BCUT2D eigenvalue weighted by Crippen LogP contribution is 2.16. The van der Waals surface area contributed by atoms with Crippen LogP contribution in [0.15, 0.2) is 28.8 Å². The third-order valence-electron chi connectivity index (χ3n) is 3.32. The fourth-order valence-electron chi connectivity index (χ4n) is 1.73. The fraction of sp³-hybridized carbons (Fsp3) is 0.400. The van der Waals surface area contributed by atoms with E-state index in [0.717, 1.165) is 11.3 Å². The van der Waals surface area contributed by atoms with Gasteiger partial charge in [-0.3, -0.25) is 4.79 Å². The first-order valence-electron chi connectivity index (χ1n) is 6.90. The molecule has 22 heavy (non-hydrogen) atoms. The van der Waals surface area contributed by atoms with Crippen molar-refractivity contribution in [2.75, 3.05) is 5.32 Å². The summed E-state index contributed by atoms with van der Waals surface area (Å²) in [5.74, 6) is 0.608. The summed E-state index contributed by atoms with van der Waals surface area (Å²) in [6.07, 6.45) is 0.0725. The molecule has 2 atom stereocenters. The van der Waals surface area contributed by atoms with Crippen LogP contribution in [0.1, 0.15) is 37.0 Å². The van der Waals surface area contributed by atoms with E-state index in [2.05, 4.69) is 15.5 Å². The molecule has 0 saturated carbocycles. The Balaban J connectivity index is 0.00000242. The number of aromatic nitrogens is 2. The Morgan fingerprint density at radius 2 is 1.95 bits per heavy atom. The Kier molecular flexibility index (Phi) is 6.52. The molecule has 7 heteroatoms. The Morgan fingerprint density at radius 1 is 1.32 bits per heavy atom. The predicted octanol–water partition coefficient (Wildman–Crippen LogP) is 2.43. The van der Waals surface area contributed by atoms with E-state index in [-0.39, 0.29) is 36.7 Å². The van der Waals surface area contributed by atoms with Gasteiger partial charge in [0.1, 0.15) is 0 Å². The van der Waals surface area contributed by atoms with Gasteiger partial charge >= 0.3 is 0 Å². The Hall–Kier alpha value is -1.92. The summed E-state index contributed by atoms with van der Waals surface area (Å²) < 4.78 is 5.13. The summed E-state index contributed by atoms with van der Waals surface area (Å²) in [6.45, 7) is 5.78. The van der Waals surface area contributed by atoms with E-state index in [1.54, 1.807) is 0 Å². The van der Waals surface area contributed by atoms with Crippen molar-refractivity contribution in [1.29, 1.82) is 0 Å². The van der Waals surface area contributed by atoms with Crippen LogP contribution in [0, 0.1) is 6.92 Å². The van der Waals surface area contributed by atoms with Crippen LogP contribution in [0.2, 0.25) is 0 Å². The SMILES string of the molecule is Cc1ccc(NC(=O)Cc2noc(C(C)C(C)N)n2)cc1.Cl. The van der Waals surface area contributed by atoms with Gasteiger partial charge in [-0.25, -0.2) is 0 Å². The Morgan fingerprint density at radius 3 is 2.55 bits per heavy atom. The molecule has 1 heterocycles. The van der Waals surface area contributed by atoms with Crippen LogP contribution in [-0.4, -0.2) is 22.1 Å². The van der Waals surface area contributed by atoms with Gasteiger partial charge < -0.3 is 15.6 Å². The van der Waals surface area contributed by atoms with E-state index in [1.807, 2.05) is 45.0 Å². The molecule has 1 aromatic heterocycles. The number of hydrogen-bond acceptors (Lipinski definition) is 5. The normalized spacial score (nSPS) is 13.1. The van der Waals surface area contributed by atoms with Crippen LogP contribution in [0.4, 0.5) is 5.69 Å². The van der Waals surface area contributed by atoms with Gasteiger partial charge in [-0.05, 0) is 26.0 Å². The van der Waals surface area contributed by atoms with Crippen molar-refractivity contribution in [2.45, 2.75) is 39.2 Å². The van der Waals surface area contributed by atoms with Crippen LogP contribution in [-0.2, 0) is 11.2 Å². The highest BCUT2D eigenvalue weighted by Gasteiger charge is 2.19. The third-order valence-corrected chi connectivity index (χ3v) is 3.32. The molecule has 0 aliphatic rings. The van der Waals surface area contributed by atoms with Gasteiger partial charge in [-0.15, -0.1) is 12.4 Å². The number of anilines is 1. The lowest BCUT2D eigenvalue weighted by Gasteiger charge is -2.09. The highest BCUT2D eigenvalue weighted by molar-refractivity contribution is 5.91. The summed E-state index contributed by atoms with van der Waals surface area (Å²) in [5.41, 5.74) is 7.67. The molecule has 0 aliphatic carbocycles. The predicted molar refractivity (Wildman–Crippen MR) is 87.1 cm³/mol. The Labute approximate surface area is 135 Å². The molecule has 2 aromatic rings. The number of carbonyl (C=O) groups is 1. The average Bonchev–Trinajstić information content (AvgIpc) is 2.88. The first kappa shape index (κ1) is 18.1. The lowest BCUT2D eigenvalue weighted by Crippen LogP contribution is -2.22. The maximum absolute atomic E-state index is 11.9. The highest BCUT2D eigenvalue weighted by atomic mass is 35.5. The van der Waals surface area contributed by atoms with Gasteiger partial charge in [0.05, 0.1) is 12.3 Å². The van der Waals surface area contributed by atoms with Crippen molar-refractivity contribution < 1.29 is 9.32 Å². The minimum absolute atomic E-state index is 0. The van der Waals surface area contributed by atoms with Crippen LogP contribution in [0.5, 0.6) is 0 Å². The van der Waals surface area contributed by atoms with Gasteiger partial charge in [0, 0.05) is 11.7 Å². The summed E-state index contributed by atoms with van der Waals surface area (Å²) >= 11 is 0. The van der Waals surface area contributed by atoms with Gasteiger partial charge in [-0.1, -0.05) is 29.8 Å². The molecular formula is C15H21ClN4O2.